The van der Waals surface area contributed by atoms with Crippen molar-refractivity contribution in [1.29, 1.82) is 0 Å². The van der Waals surface area contributed by atoms with Crippen molar-refractivity contribution >= 4 is 11.6 Å². The molecule has 3 heteroatoms. The number of anilines is 1. The van der Waals surface area contributed by atoms with E-state index >= 15 is 0 Å². The number of aliphatic hydroxyl groups is 1. The molecule has 3 nitrogen and oxygen atoms in total. The highest BCUT2D eigenvalue weighted by Gasteiger charge is 2.24. The van der Waals surface area contributed by atoms with Crippen molar-refractivity contribution in [1.82, 2.24) is 0 Å². The van der Waals surface area contributed by atoms with Crippen LogP contribution in [-0.4, -0.2) is 17.6 Å². The molecule has 1 saturated carbocycles. The van der Waals surface area contributed by atoms with Crippen LogP contribution in [0, 0.1) is 5.92 Å². The lowest BCUT2D eigenvalue weighted by molar-refractivity contribution is -0.116. The van der Waals surface area contributed by atoms with E-state index in [9.17, 15) is 4.79 Å². The Balaban J connectivity index is 1.85. The number of benzene rings is 1. The summed E-state index contributed by atoms with van der Waals surface area (Å²) in [5, 5.41) is 11.7. The highest BCUT2D eigenvalue weighted by atomic mass is 16.2. The number of amides is 1. The summed E-state index contributed by atoms with van der Waals surface area (Å²) in [4.78, 5) is 11.5. The van der Waals surface area contributed by atoms with Gasteiger partial charge in [0.15, 0.2) is 0 Å². The molecule has 0 unspecified atom stereocenters. The number of carbonyl (C=O) groups is 1. The van der Waals surface area contributed by atoms with Gasteiger partial charge in [-0.25, -0.2) is 0 Å². The van der Waals surface area contributed by atoms with Gasteiger partial charge < -0.3 is 10.4 Å². The average molecular weight is 219 g/mol. The Morgan fingerprint density at radius 2 is 2.00 bits per heavy atom. The number of hydrogen-bond acceptors (Lipinski definition) is 2. The molecule has 0 heterocycles. The van der Waals surface area contributed by atoms with Crippen LogP contribution in [-0.2, 0) is 11.2 Å². The second-order valence-electron chi connectivity index (χ2n) is 4.37. The second kappa shape index (κ2) is 5.12. The van der Waals surface area contributed by atoms with Crippen LogP contribution in [0.5, 0.6) is 0 Å². The van der Waals surface area contributed by atoms with Gasteiger partial charge in [0.05, 0.1) is 0 Å². The minimum absolute atomic E-state index is 0.109. The zero-order chi connectivity index (χ0) is 11.4. The molecular formula is C13H17NO2. The van der Waals surface area contributed by atoms with Gasteiger partial charge in [0.1, 0.15) is 0 Å². The monoisotopic (exact) mass is 219 g/mol. The van der Waals surface area contributed by atoms with Crippen molar-refractivity contribution in [3.63, 3.8) is 0 Å². The number of rotatable bonds is 5. The maximum atomic E-state index is 11.5. The number of aliphatic hydroxyl groups excluding tert-OH is 1. The molecule has 0 atom stereocenters. The van der Waals surface area contributed by atoms with E-state index in [1.54, 1.807) is 0 Å². The molecular weight excluding hydrogens is 202 g/mol. The fraction of sp³-hybridized carbons (Fsp3) is 0.462. The van der Waals surface area contributed by atoms with Crippen LogP contribution in [0.15, 0.2) is 24.3 Å². The SMILES string of the molecule is O=C(CC1CC1)Nc1ccc(CCO)cc1. The van der Waals surface area contributed by atoms with Gasteiger partial charge in [-0.1, -0.05) is 12.1 Å². The number of nitrogens with one attached hydrogen (secondary N) is 1. The largest absolute Gasteiger partial charge is 0.396 e. The van der Waals surface area contributed by atoms with Crippen LogP contribution < -0.4 is 5.32 Å². The van der Waals surface area contributed by atoms with Crippen molar-refractivity contribution < 1.29 is 9.90 Å². The molecule has 1 fully saturated rings. The van der Waals surface area contributed by atoms with Gasteiger partial charge in [-0.15, -0.1) is 0 Å². The van der Waals surface area contributed by atoms with Gasteiger partial charge >= 0.3 is 0 Å². The van der Waals surface area contributed by atoms with Gasteiger partial charge in [-0.05, 0) is 42.9 Å². The minimum atomic E-state index is 0.109. The molecule has 0 aliphatic heterocycles. The summed E-state index contributed by atoms with van der Waals surface area (Å²) in [6.07, 6.45) is 3.71. The van der Waals surface area contributed by atoms with E-state index in [0.717, 1.165) is 11.3 Å². The molecule has 16 heavy (non-hydrogen) atoms. The predicted molar refractivity (Wildman–Crippen MR) is 63.2 cm³/mol. The molecule has 1 aliphatic carbocycles. The normalized spacial score (nSPS) is 14.8. The first-order valence-corrected chi connectivity index (χ1v) is 5.77. The Hall–Kier alpha value is -1.35. The van der Waals surface area contributed by atoms with Gasteiger partial charge in [-0.2, -0.15) is 0 Å². The summed E-state index contributed by atoms with van der Waals surface area (Å²) in [5.74, 6) is 0.728. The Morgan fingerprint density at radius 1 is 1.31 bits per heavy atom. The fourth-order valence-electron chi connectivity index (χ4n) is 1.68. The lowest BCUT2D eigenvalue weighted by Crippen LogP contribution is -2.11. The van der Waals surface area contributed by atoms with Gasteiger partial charge in [-0.3, -0.25) is 4.79 Å². The standard InChI is InChI=1S/C13H17NO2/c15-8-7-10-3-5-12(6-4-10)14-13(16)9-11-1-2-11/h3-6,11,15H,1-2,7-9H2,(H,14,16). The maximum Gasteiger partial charge on any atom is 0.224 e. The topological polar surface area (TPSA) is 49.3 Å². The number of hydrogen-bond donors (Lipinski definition) is 2. The Bertz CT molecular complexity index is 355. The van der Waals surface area contributed by atoms with Crippen molar-refractivity contribution in [2.45, 2.75) is 25.7 Å². The smallest absolute Gasteiger partial charge is 0.224 e. The molecule has 0 saturated heterocycles. The molecule has 0 radical (unpaired) electrons. The molecule has 2 rings (SSSR count). The van der Waals surface area contributed by atoms with Crippen LogP contribution in [0.25, 0.3) is 0 Å². The van der Waals surface area contributed by atoms with Gasteiger partial charge in [0.2, 0.25) is 5.91 Å². The minimum Gasteiger partial charge on any atom is -0.396 e. The molecule has 0 bridgehead atoms. The summed E-state index contributed by atoms with van der Waals surface area (Å²) < 4.78 is 0. The third-order valence-corrected chi connectivity index (χ3v) is 2.81. The van der Waals surface area contributed by atoms with E-state index in [-0.39, 0.29) is 12.5 Å². The quantitative estimate of drug-likeness (QED) is 0.795. The summed E-state index contributed by atoms with van der Waals surface area (Å²) in [7, 11) is 0. The lowest BCUT2D eigenvalue weighted by atomic mass is 10.1. The predicted octanol–water partition coefficient (Wildman–Crippen LogP) is 1.96. The second-order valence-corrected chi connectivity index (χ2v) is 4.37. The van der Waals surface area contributed by atoms with E-state index < -0.39 is 0 Å². The maximum absolute atomic E-state index is 11.5. The van der Waals surface area contributed by atoms with Crippen LogP contribution in [0.1, 0.15) is 24.8 Å². The van der Waals surface area contributed by atoms with Crippen molar-refractivity contribution in [2.24, 2.45) is 5.92 Å². The Morgan fingerprint density at radius 3 is 2.56 bits per heavy atom. The third kappa shape index (κ3) is 3.35. The third-order valence-electron chi connectivity index (χ3n) is 2.81. The van der Waals surface area contributed by atoms with E-state index in [4.69, 9.17) is 5.11 Å². The molecule has 0 aromatic heterocycles. The average Bonchev–Trinajstić information content (AvgIpc) is 3.05. The molecule has 2 N–H and O–H groups in total. The van der Waals surface area contributed by atoms with Crippen molar-refractivity contribution in [2.75, 3.05) is 11.9 Å². The summed E-state index contributed by atoms with van der Waals surface area (Å²) in [6.45, 7) is 0.160. The van der Waals surface area contributed by atoms with Crippen LogP contribution in [0.2, 0.25) is 0 Å². The lowest BCUT2D eigenvalue weighted by Gasteiger charge is -2.05. The van der Waals surface area contributed by atoms with Crippen molar-refractivity contribution in [3.05, 3.63) is 29.8 Å². The van der Waals surface area contributed by atoms with Gasteiger partial charge in [0, 0.05) is 18.7 Å². The molecule has 1 amide bonds. The van der Waals surface area contributed by atoms with Crippen molar-refractivity contribution in [3.8, 4) is 0 Å². The van der Waals surface area contributed by atoms with E-state index in [0.29, 0.717) is 18.8 Å². The molecule has 86 valence electrons. The van der Waals surface area contributed by atoms with Crippen LogP contribution in [0.4, 0.5) is 5.69 Å². The Kier molecular flexibility index (Phi) is 3.57. The van der Waals surface area contributed by atoms with Gasteiger partial charge in [0.25, 0.3) is 0 Å². The highest BCUT2D eigenvalue weighted by molar-refractivity contribution is 5.90. The summed E-state index contributed by atoms with van der Waals surface area (Å²) >= 11 is 0. The summed E-state index contributed by atoms with van der Waals surface area (Å²) in [6, 6.07) is 7.64. The Labute approximate surface area is 95.5 Å². The molecule has 1 aromatic rings. The highest BCUT2D eigenvalue weighted by Crippen LogP contribution is 2.32. The first-order valence-electron chi connectivity index (χ1n) is 5.77. The summed E-state index contributed by atoms with van der Waals surface area (Å²) in [5.41, 5.74) is 1.93. The molecule has 1 aromatic carbocycles. The van der Waals surface area contributed by atoms with Crippen LogP contribution in [0.3, 0.4) is 0 Å². The van der Waals surface area contributed by atoms with E-state index in [2.05, 4.69) is 5.32 Å². The van der Waals surface area contributed by atoms with E-state index in [1.165, 1.54) is 12.8 Å². The zero-order valence-electron chi connectivity index (χ0n) is 9.28. The zero-order valence-corrected chi connectivity index (χ0v) is 9.28. The van der Waals surface area contributed by atoms with E-state index in [1.807, 2.05) is 24.3 Å². The van der Waals surface area contributed by atoms with Crippen LogP contribution >= 0.6 is 0 Å². The fourth-order valence-corrected chi connectivity index (χ4v) is 1.68. The molecule has 0 spiro atoms. The first kappa shape index (κ1) is 11.1. The number of carbonyl (C=O) groups excluding carboxylic acids is 1. The first-order chi connectivity index (χ1) is 7.78. The molecule has 1 aliphatic rings.